The third-order valence-electron chi connectivity index (χ3n) is 8.12. The molecule has 8 heteroatoms. The highest BCUT2D eigenvalue weighted by molar-refractivity contribution is 5.97. The molecule has 2 fully saturated rings. The van der Waals surface area contributed by atoms with E-state index in [0.717, 1.165) is 74.0 Å². The number of amides is 1. The second-order valence-corrected chi connectivity index (χ2v) is 10.6. The van der Waals surface area contributed by atoms with Gasteiger partial charge < -0.3 is 19.2 Å². The van der Waals surface area contributed by atoms with Crippen LogP contribution in [0.4, 0.5) is 5.69 Å². The number of likely N-dealkylation sites (tertiary alicyclic amines) is 1. The fourth-order valence-electron chi connectivity index (χ4n) is 5.78. The van der Waals surface area contributed by atoms with Crippen molar-refractivity contribution < 1.29 is 14.0 Å². The van der Waals surface area contributed by atoms with E-state index in [-0.39, 0.29) is 11.7 Å². The van der Waals surface area contributed by atoms with E-state index in [1.807, 2.05) is 30.3 Å². The number of hydrogen-bond acceptors (Lipinski definition) is 6. The van der Waals surface area contributed by atoms with Crippen LogP contribution in [0.1, 0.15) is 47.4 Å². The molecule has 0 aliphatic carbocycles. The summed E-state index contributed by atoms with van der Waals surface area (Å²) in [4.78, 5) is 34.3. The maximum atomic E-state index is 12.8. The van der Waals surface area contributed by atoms with Crippen molar-refractivity contribution in [3.05, 3.63) is 65.5 Å². The Morgan fingerprint density at radius 3 is 2.59 bits per heavy atom. The number of aromatic amines is 1. The highest BCUT2D eigenvalue weighted by Crippen LogP contribution is 2.27. The second kappa shape index (κ2) is 11.0. The number of piperidine rings is 1. The third-order valence-corrected chi connectivity index (χ3v) is 8.12. The summed E-state index contributed by atoms with van der Waals surface area (Å²) in [7, 11) is 0. The molecule has 39 heavy (non-hydrogen) atoms. The Kier molecular flexibility index (Phi) is 7.08. The van der Waals surface area contributed by atoms with Crippen LogP contribution in [-0.4, -0.2) is 72.3 Å². The van der Waals surface area contributed by atoms with Gasteiger partial charge in [-0.3, -0.25) is 14.5 Å². The molecule has 0 radical (unpaired) electrons. The predicted octanol–water partition coefficient (Wildman–Crippen LogP) is 4.74. The average molecular weight is 524 g/mol. The average Bonchev–Trinajstić information content (AvgIpc) is 3.59. The quantitative estimate of drug-likeness (QED) is 0.352. The Morgan fingerprint density at radius 2 is 1.79 bits per heavy atom. The first-order valence-corrected chi connectivity index (χ1v) is 13.9. The number of aromatic nitrogens is 1. The van der Waals surface area contributed by atoms with Crippen LogP contribution < -0.4 is 4.90 Å². The molecule has 0 spiro atoms. The van der Waals surface area contributed by atoms with Crippen LogP contribution in [0.25, 0.3) is 21.9 Å². The summed E-state index contributed by atoms with van der Waals surface area (Å²) in [5.74, 6) is 0.430. The number of benzene rings is 2. The number of hydrogen-bond donors (Lipinski definition) is 1. The van der Waals surface area contributed by atoms with E-state index in [4.69, 9.17) is 4.42 Å². The van der Waals surface area contributed by atoms with Gasteiger partial charge in [0.05, 0.1) is 11.6 Å². The number of carbonyl (C=O) groups excluding carboxylic acids is 2. The number of nitrogens with zero attached hydrogens (tertiary/aromatic N) is 4. The normalized spacial score (nSPS) is 16.7. The number of nitriles is 1. The van der Waals surface area contributed by atoms with E-state index in [1.54, 1.807) is 4.90 Å². The van der Waals surface area contributed by atoms with Crippen molar-refractivity contribution in [1.82, 2.24) is 14.8 Å². The summed E-state index contributed by atoms with van der Waals surface area (Å²) < 4.78 is 5.87. The van der Waals surface area contributed by atoms with Crippen LogP contribution in [0.3, 0.4) is 0 Å². The second-order valence-electron chi connectivity index (χ2n) is 10.6. The molecule has 2 aromatic carbocycles. The molecule has 4 heterocycles. The van der Waals surface area contributed by atoms with E-state index in [1.165, 1.54) is 5.56 Å². The molecule has 0 bridgehead atoms. The van der Waals surface area contributed by atoms with E-state index >= 15 is 0 Å². The summed E-state index contributed by atoms with van der Waals surface area (Å²) in [6.07, 6.45) is 6.21. The van der Waals surface area contributed by atoms with Gasteiger partial charge in [0.1, 0.15) is 11.4 Å². The Labute approximate surface area is 227 Å². The first kappa shape index (κ1) is 25.2. The number of aryl methyl sites for hydroxylation is 1. The molecule has 2 saturated heterocycles. The molecular formula is C31H33N5O3. The maximum Gasteiger partial charge on any atom is 0.289 e. The van der Waals surface area contributed by atoms with Crippen LogP contribution in [0.5, 0.6) is 0 Å². The Bertz CT molecular complexity index is 1540. The number of H-pyrrole nitrogens is 1. The van der Waals surface area contributed by atoms with Crippen molar-refractivity contribution in [3.8, 4) is 6.07 Å². The molecule has 2 aliphatic rings. The van der Waals surface area contributed by atoms with Gasteiger partial charge in [-0.25, -0.2) is 0 Å². The number of unbranched alkanes of at least 4 members (excludes halogenated alkanes) is 1. The zero-order valence-electron chi connectivity index (χ0n) is 22.1. The standard InChI is InChI=1S/C31H33N5O3/c32-20-22-4-6-28-27(17-22)23(21-33-28)3-1-2-10-34-13-15-35(16-14-34)25-5-7-29-24(18-25)19-30(39-29)31(38)36-11-8-26(37)9-12-36/h4-7,17-19,21,33H,1-3,8-16H2. The lowest BCUT2D eigenvalue weighted by atomic mass is 10.1. The number of nitrogens with one attached hydrogen (secondary N) is 1. The highest BCUT2D eigenvalue weighted by Gasteiger charge is 2.25. The van der Waals surface area contributed by atoms with Crippen LogP contribution >= 0.6 is 0 Å². The first-order valence-electron chi connectivity index (χ1n) is 13.9. The molecule has 200 valence electrons. The molecule has 8 nitrogen and oxygen atoms in total. The molecule has 0 saturated carbocycles. The molecule has 1 amide bonds. The molecule has 0 unspecified atom stereocenters. The van der Waals surface area contributed by atoms with Gasteiger partial charge in [-0.15, -0.1) is 0 Å². The van der Waals surface area contributed by atoms with Crippen molar-refractivity contribution in [2.75, 3.05) is 50.7 Å². The lowest BCUT2D eigenvalue weighted by Crippen LogP contribution is -2.46. The molecule has 2 aliphatic heterocycles. The van der Waals surface area contributed by atoms with E-state index in [0.29, 0.717) is 42.8 Å². The van der Waals surface area contributed by atoms with Crippen molar-refractivity contribution in [1.29, 1.82) is 5.26 Å². The fourth-order valence-corrected chi connectivity index (χ4v) is 5.78. The zero-order chi connectivity index (χ0) is 26.8. The number of piperazine rings is 1. The van der Waals surface area contributed by atoms with E-state index < -0.39 is 0 Å². The van der Waals surface area contributed by atoms with Crippen LogP contribution in [0.15, 0.2) is 53.1 Å². The van der Waals surface area contributed by atoms with Crippen LogP contribution in [0.2, 0.25) is 0 Å². The minimum atomic E-state index is -0.134. The number of carbonyl (C=O) groups is 2. The summed E-state index contributed by atoms with van der Waals surface area (Å²) in [5.41, 5.74) is 4.96. The number of fused-ring (bicyclic) bond motifs is 2. The molecule has 2 aromatic heterocycles. The molecule has 6 rings (SSSR count). The smallest absolute Gasteiger partial charge is 0.289 e. The van der Waals surface area contributed by atoms with Gasteiger partial charge in [0.25, 0.3) is 5.91 Å². The van der Waals surface area contributed by atoms with Crippen molar-refractivity contribution in [2.24, 2.45) is 0 Å². The topological polar surface area (TPSA) is 96.6 Å². The van der Waals surface area contributed by atoms with Gasteiger partial charge in [0.2, 0.25) is 0 Å². The summed E-state index contributed by atoms with van der Waals surface area (Å²) in [6.45, 7) is 6.02. The lowest BCUT2D eigenvalue weighted by molar-refractivity contribution is -0.120. The Morgan fingerprint density at radius 1 is 0.974 bits per heavy atom. The Hall–Kier alpha value is -4.09. The number of ketones is 1. The molecule has 1 N–H and O–H groups in total. The van der Waals surface area contributed by atoms with Crippen molar-refractivity contribution in [3.63, 3.8) is 0 Å². The summed E-state index contributed by atoms with van der Waals surface area (Å²) in [5, 5.41) is 11.3. The monoisotopic (exact) mass is 523 g/mol. The number of Topliss-reactive ketones (excluding diaryl/α,β-unsaturated/α-hetero) is 1. The molecule has 4 aromatic rings. The minimum absolute atomic E-state index is 0.134. The van der Waals surface area contributed by atoms with Gasteiger partial charge in [0, 0.05) is 80.3 Å². The van der Waals surface area contributed by atoms with Gasteiger partial charge in [-0.2, -0.15) is 5.26 Å². The molecular weight excluding hydrogens is 490 g/mol. The van der Waals surface area contributed by atoms with Crippen LogP contribution in [0, 0.1) is 11.3 Å². The highest BCUT2D eigenvalue weighted by atomic mass is 16.3. The summed E-state index contributed by atoms with van der Waals surface area (Å²) in [6, 6.07) is 16.0. The first-order chi connectivity index (χ1) is 19.1. The van der Waals surface area contributed by atoms with Gasteiger partial charge in [-0.05, 0) is 73.8 Å². The number of anilines is 1. The number of furan rings is 1. The van der Waals surface area contributed by atoms with Gasteiger partial charge in [0.15, 0.2) is 5.76 Å². The van der Waals surface area contributed by atoms with Crippen molar-refractivity contribution >= 4 is 39.2 Å². The third kappa shape index (κ3) is 5.41. The lowest BCUT2D eigenvalue weighted by Gasteiger charge is -2.36. The zero-order valence-corrected chi connectivity index (χ0v) is 22.1. The largest absolute Gasteiger partial charge is 0.451 e. The minimum Gasteiger partial charge on any atom is -0.451 e. The maximum absolute atomic E-state index is 12.8. The fraction of sp³-hybridized carbons (Fsp3) is 0.387. The molecule has 0 atom stereocenters. The Balaban J connectivity index is 0.991. The predicted molar refractivity (Wildman–Crippen MR) is 151 cm³/mol. The van der Waals surface area contributed by atoms with E-state index in [9.17, 15) is 14.9 Å². The number of rotatable bonds is 7. The van der Waals surface area contributed by atoms with Crippen LogP contribution in [-0.2, 0) is 11.2 Å². The summed E-state index contributed by atoms with van der Waals surface area (Å²) >= 11 is 0. The SMILES string of the molecule is N#Cc1ccc2[nH]cc(CCCCN3CCN(c4ccc5oc(C(=O)N6CCC(=O)CC6)cc5c4)CC3)c2c1. The van der Waals surface area contributed by atoms with Crippen molar-refractivity contribution in [2.45, 2.75) is 32.1 Å². The van der Waals surface area contributed by atoms with Gasteiger partial charge in [-0.1, -0.05) is 0 Å². The van der Waals surface area contributed by atoms with Gasteiger partial charge >= 0.3 is 0 Å². The van der Waals surface area contributed by atoms with E-state index in [2.05, 4.69) is 39.2 Å².